The lowest BCUT2D eigenvalue weighted by Crippen LogP contribution is -2.48. The molecule has 1 atom stereocenters. The van der Waals surface area contributed by atoms with E-state index in [2.05, 4.69) is 75.9 Å². The van der Waals surface area contributed by atoms with Crippen LogP contribution in [0.2, 0.25) is 0 Å². The molecule has 5 nitrogen and oxygen atoms in total. The summed E-state index contributed by atoms with van der Waals surface area (Å²) in [4.78, 5) is 2.52. The number of methoxy groups -OCH3 is 2. The van der Waals surface area contributed by atoms with Gasteiger partial charge in [-0.25, -0.2) is 0 Å². The van der Waals surface area contributed by atoms with Gasteiger partial charge in [0.1, 0.15) is 11.4 Å². The lowest BCUT2D eigenvalue weighted by molar-refractivity contribution is -0.0645. The van der Waals surface area contributed by atoms with E-state index in [1.165, 1.54) is 22.4 Å². The minimum Gasteiger partial charge on any atom is -0.493 e. The molecule has 214 valence electrons. The van der Waals surface area contributed by atoms with E-state index in [1.54, 1.807) is 14.2 Å². The SMILES string of the molecule is COc1ccc(C2CCN(c3c(C)c(C)c4c(c3C)C(O)(c3ccc(C(C)C)cc3)C(C)(C)O4)CC2)cc1OC. The van der Waals surface area contributed by atoms with Gasteiger partial charge in [0.15, 0.2) is 17.1 Å². The van der Waals surface area contributed by atoms with Crippen LogP contribution in [0.3, 0.4) is 0 Å². The molecule has 2 heterocycles. The highest BCUT2D eigenvalue weighted by Gasteiger charge is 2.57. The average Bonchev–Trinajstić information content (AvgIpc) is 3.18. The Bertz CT molecular complexity index is 1400. The van der Waals surface area contributed by atoms with Crippen molar-refractivity contribution in [2.24, 2.45) is 0 Å². The van der Waals surface area contributed by atoms with Gasteiger partial charge in [0.2, 0.25) is 0 Å². The van der Waals surface area contributed by atoms with E-state index in [-0.39, 0.29) is 0 Å². The molecule has 3 aromatic carbocycles. The number of anilines is 1. The minimum atomic E-state index is -1.26. The molecule has 1 N–H and O–H groups in total. The first-order chi connectivity index (χ1) is 18.9. The van der Waals surface area contributed by atoms with Gasteiger partial charge in [-0.15, -0.1) is 0 Å². The van der Waals surface area contributed by atoms with E-state index in [0.29, 0.717) is 11.8 Å². The predicted molar refractivity (Wildman–Crippen MR) is 163 cm³/mol. The summed E-state index contributed by atoms with van der Waals surface area (Å²) >= 11 is 0. The number of aliphatic hydroxyl groups is 1. The normalized spacial score (nSPS) is 20.4. The van der Waals surface area contributed by atoms with Crippen molar-refractivity contribution in [3.05, 3.63) is 81.4 Å². The molecule has 0 saturated carbocycles. The van der Waals surface area contributed by atoms with E-state index >= 15 is 0 Å². The first-order valence-corrected chi connectivity index (χ1v) is 14.6. The highest BCUT2D eigenvalue weighted by atomic mass is 16.5. The van der Waals surface area contributed by atoms with E-state index in [4.69, 9.17) is 14.2 Å². The molecule has 5 heteroatoms. The summed E-state index contributed by atoms with van der Waals surface area (Å²) < 4.78 is 17.6. The van der Waals surface area contributed by atoms with Gasteiger partial charge in [-0.1, -0.05) is 44.2 Å². The summed E-state index contributed by atoms with van der Waals surface area (Å²) in [6.07, 6.45) is 2.10. The smallest absolute Gasteiger partial charge is 0.160 e. The van der Waals surface area contributed by atoms with Gasteiger partial charge in [0.05, 0.1) is 14.2 Å². The van der Waals surface area contributed by atoms with Crippen molar-refractivity contribution in [3.8, 4) is 17.2 Å². The van der Waals surface area contributed by atoms with Gasteiger partial charge >= 0.3 is 0 Å². The Morgan fingerprint density at radius 1 is 0.875 bits per heavy atom. The fourth-order valence-corrected chi connectivity index (χ4v) is 6.92. The highest BCUT2D eigenvalue weighted by molar-refractivity contribution is 5.73. The number of ether oxygens (including phenoxy) is 3. The Morgan fingerprint density at radius 2 is 1.50 bits per heavy atom. The molecule has 2 aliphatic heterocycles. The maximum Gasteiger partial charge on any atom is 0.160 e. The minimum absolute atomic E-state index is 0.434. The molecule has 5 rings (SSSR count). The Morgan fingerprint density at radius 3 is 2.08 bits per heavy atom. The van der Waals surface area contributed by atoms with Crippen LogP contribution in [0.4, 0.5) is 5.69 Å². The number of piperidine rings is 1. The van der Waals surface area contributed by atoms with Crippen LogP contribution in [0.15, 0.2) is 42.5 Å². The van der Waals surface area contributed by atoms with Crippen molar-refractivity contribution < 1.29 is 19.3 Å². The van der Waals surface area contributed by atoms with Crippen molar-refractivity contribution in [2.45, 2.75) is 84.3 Å². The van der Waals surface area contributed by atoms with Crippen LogP contribution in [-0.4, -0.2) is 38.0 Å². The van der Waals surface area contributed by atoms with Crippen LogP contribution in [0.5, 0.6) is 17.2 Å². The standard InChI is InChI=1S/C35H45NO4/c1-21(2)25-10-13-28(14-11-25)35(37)31-24(5)32(22(3)23(4)33(31)40-34(35,6)7)36-18-16-26(17-19-36)27-12-15-29(38-8)30(20-27)39-9/h10-15,20-21,26,37H,16-19H2,1-9H3. The zero-order valence-electron chi connectivity index (χ0n) is 25.6. The number of hydrogen-bond donors (Lipinski definition) is 1. The molecular weight excluding hydrogens is 498 g/mol. The van der Waals surface area contributed by atoms with Crippen LogP contribution >= 0.6 is 0 Å². The van der Waals surface area contributed by atoms with E-state index in [0.717, 1.165) is 65.4 Å². The third-order valence-electron chi connectivity index (χ3n) is 9.49. The maximum absolute atomic E-state index is 12.6. The lowest BCUT2D eigenvalue weighted by Gasteiger charge is -2.39. The summed E-state index contributed by atoms with van der Waals surface area (Å²) in [7, 11) is 3.37. The van der Waals surface area contributed by atoms with E-state index in [9.17, 15) is 5.11 Å². The molecule has 1 unspecified atom stereocenters. The number of hydrogen-bond acceptors (Lipinski definition) is 5. The van der Waals surface area contributed by atoms with Crippen LogP contribution in [0.25, 0.3) is 0 Å². The van der Waals surface area contributed by atoms with Crippen LogP contribution in [-0.2, 0) is 5.60 Å². The topological polar surface area (TPSA) is 51.2 Å². The molecule has 0 aliphatic carbocycles. The summed E-state index contributed by atoms with van der Waals surface area (Å²) in [6, 6.07) is 14.7. The predicted octanol–water partition coefficient (Wildman–Crippen LogP) is 7.54. The van der Waals surface area contributed by atoms with Crippen molar-refractivity contribution >= 4 is 5.69 Å². The Kier molecular flexibility index (Phi) is 7.33. The van der Waals surface area contributed by atoms with Gasteiger partial charge in [-0.05, 0) is 105 Å². The summed E-state index contributed by atoms with van der Waals surface area (Å²) in [5.74, 6) is 3.28. The number of fused-ring (bicyclic) bond motifs is 1. The zero-order valence-corrected chi connectivity index (χ0v) is 25.6. The zero-order chi connectivity index (χ0) is 29.0. The molecule has 0 bridgehead atoms. The quantitative estimate of drug-likeness (QED) is 0.348. The fraction of sp³-hybridized carbons (Fsp3) is 0.486. The number of rotatable bonds is 6. The van der Waals surface area contributed by atoms with Gasteiger partial charge in [-0.3, -0.25) is 0 Å². The van der Waals surface area contributed by atoms with Crippen molar-refractivity contribution in [3.63, 3.8) is 0 Å². The first-order valence-electron chi connectivity index (χ1n) is 14.6. The molecule has 3 aromatic rings. The maximum atomic E-state index is 12.6. The van der Waals surface area contributed by atoms with Crippen LogP contribution in [0, 0.1) is 20.8 Å². The molecule has 0 radical (unpaired) electrons. The van der Waals surface area contributed by atoms with E-state index in [1.807, 2.05) is 19.9 Å². The van der Waals surface area contributed by atoms with Gasteiger partial charge in [-0.2, -0.15) is 0 Å². The second kappa shape index (κ2) is 10.3. The molecule has 40 heavy (non-hydrogen) atoms. The second-order valence-corrected chi connectivity index (χ2v) is 12.4. The second-order valence-electron chi connectivity index (χ2n) is 12.4. The molecule has 2 aliphatic rings. The molecule has 1 fully saturated rings. The summed E-state index contributed by atoms with van der Waals surface area (Å²) in [5.41, 5.74) is 6.98. The van der Waals surface area contributed by atoms with Gasteiger partial charge < -0.3 is 24.2 Å². The Balaban J connectivity index is 1.51. The van der Waals surface area contributed by atoms with Crippen molar-refractivity contribution in [2.75, 3.05) is 32.2 Å². The number of benzene rings is 3. The monoisotopic (exact) mass is 543 g/mol. The Hall–Kier alpha value is -3.18. The third kappa shape index (κ3) is 4.34. The number of nitrogens with zero attached hydrogens (tertiary/aromatic N) is 1. The molecule has 1 saturated heterocycles. The lowest BCUT2D eigenvalue weighted by atomic mass is 9.73. The highest BCUT2D eigenvalue weighted by Crippen LogP contribution is 2.56. The third-order valence-corrected chi connectivity index (χ3v) is 9.49. The average molecular weight is 544 g/mol. The first kappa shape index (κ1) is 28.4. The summed E-state index contributed by atoms with van der Waals surface area (Å²) in [6.45, 7) is 16.8. The van der Waals surface area contributed by atoms with Crippen LogP contribution in [0.1, 0.15) is 91.3 Å². The summed E-state index contributed by atoms with van der Waals surface area (Å²) in [5, 5.41) is 12.6. The fourth-order valence-electron chi connectivity index (χ4n) is 6.92. The van der Waals surface area contributed by atoms with Crippen molar-refractivity contribution in [1.29, 1.82) is 0 Å². The van der Waals surface area contributed by atoms with E-state index < -0.39 is 11.2 Å². The van der Waals surface area contributed by atoms with Crippen molar-refractivity contribution in [1.82, 2.24) is 0 Å². The molecule has 0 spiro atoms. The molecule has 0 amide bonds. The Labute approximate surface area is 240 Å². The van der Waals surface area contributed by atoms with Crippen LogP contribution < -0.4 is 19.1 Å². The largest absolute Gasteiger partial charge is 0.493 e. The van der Waals surface area contributed by atoms with Gasteiger partial charge in [0, 0.05) is 24.3 Å². The van der Waals surface area contributed by atoms with Gasteiger partial charge in [0.25, 0.3) is 0 Å². The molecular formula is C35H45NO4. The molecule has 0 aromatic heterocycles.